The molecule has 1 aliphatic heterocycles. The maximum absolute atomic E-state index is 10.2. The first-order valence-corrected chi connectivity index (χ1v) is 2.73. The molecule has 0 saturated carbocycles. The number of aliphatic carboxylic acids is 1. The minimum atomic E-state index is -0.832. The Morgan fingerprint density at radius 1 is 1.78 bits per heavy atom. The van der Waals surface area contributed by atoms with Crippen molar-refractivity contribution in [3.8, 4) is 0 Å². The molecule has 1 rings (SSSR count). The van der Waals surface area contributed by atoms with Crippen molar-refractivity contribution in [2.75, 3.05) is 6.54 Å². The number of carboxylic acid groups (broad SMARTS) is 1. The molecule has 3 nitrogen and oxygen atoms in total. The lowest BCUT2D eigenvalue weighted by molar-refractivity contribution is -0.132. The molecule has 0 spiro atoms. The quantitative estimate of drug-likeness (QED) is 0.553. The summed E-state index contributed by atoms with van der Waals surface area (Å²) in [7, 11) is 0. The Labute approximate surface area is 52.7 Å². The Bertz CT molecular complexity index is 181. The molecule has 0 aromatic rings. The Morgan fingerprint density at radius 2 is 2.56 bits per heavy atom. The molecule has 0 fully saturated rings. The summed E-state index contributed by atoms with van der Waals surface area (Å²) in [5, 5.41) is 8.41. The third-order valence-electron chi connectivity index (χ3n) is 1.17. The van der Waals surface area contributed by atoms with Crippen molar-refractivity contribution in [2.24, 2.45) is 4.99 Å². The first kappa shape index (κ1) is 6.01. The van der Waals surface area contributed by atoms with Crippen LogP contribution in [0.3, 0.4) is 0 Å². The molecule has 1 aliphatic rings. The largest absolute Gasteiger partial charge is 0.478 e. The SMILES string of the molecule is O=C(O)C1=CC=NCC1. The van der Waals surface area contributed by atoms with E-state index in [1.807, 2.05) is 0 Å². The van der Waals surface area contributed by atoms with Crippen molar-refractivity contribution < 1.29 is 9.90 Å². The van der Waals surface area contributed by atoms with Crippen LogP contribution in [0.1, 0.15) is 6.42 Å². The molecule has 3 heteroatoms. The Hall–Kier alpha value is -1.12. The lowest BCUT2D eigenvalue weighted by atomic mass is 10.1. The van der Waals surface area contributed by atoms with Crippen LogP contribution < -0.4 is 0 Å². The number of nitrogens with zero attached hydrogens (tertiary/aromatic N) is 1. The third kappa shape index (κ3) is 1.38. The topological polar surface area (TPSA) is 49.7 Å². The second-order valence-corrected chi connectivity index (χ2v) is 1.80. The van der Waals surface area contributed by atoms with E-state index in [0.717, 1.165) is 0 Å². The molecule has 0 unspecified atom stereocenters. The van der Waals surface area contributed by atoms with Crippen LogP contribution in [0.2, 0.25) is 0 Å². The van der Waals surface area contributed by atoms with Gasteiger partial charge in [-0.2, -0.15) is 0 Å². The van der Waals surface area contributed by atoms with Crippen LogP contribution >= 0.6 is 0 Å². The van der Waals surface area contributed by atoms with Crippen LogP contribution in [-0.2, 0) is 4.79 Å². The summed E-state index contributed by atoms with van der Waals surface area (Å²) in [6.45, 7) is 0.609. The summed E-state index contributed by atoms with van der Waals surface area (Å²) in [6, 6.07) is 0. The Balaban J connectivity index is 2.68. The van der Waals surface area contributed by atoms with Crippen molar-refractivity contribution in [3.63, 3.8) is 0 Å². The molecule has 1 heterocycles. The molecule has 9 heavy (non-hydrogen) atoms. The van der Waals surface area contributed by atoms with Crippen molar-refractivity contribution in [3.05, 3.63) is 11.6 Å². The summed E-state index contributed by atoms with van der Waals surface area (Å²) >= 11 is 0. The maximum atomic E-state index is 10.2. The van der Waals surface area contributed by atoms with Gasteiger partial charge in [0.1, 0.15) is 0 Å². The van der Waals surface area contributed by atoms with Crippen molar-refractivity contribution >= 4 is 12.2 Å². The van der Waals surface area contributed by atoms with Crippen molar-refractivity contribution in [1.29, 1.82) is 0 Å². The molecular weight excluding hydrogens is 118 g/mol. The van der Waals surface area contributed by atoms with E-state index in [0.29, 0.717) is 18.5 Å². The van der Waals surface area contributed by atoms with Gasteiger partial charge in [-0.25, -0.2) is 4.79 Å². The predicted octanol–water partition coefficient (Wildman–Crippen LogP) is 0.472. The average molecular weight is 125 g/mol. The monoisotopic (exact) mass is 125 g/mol. The number of hydrogen-bond donors (Lipinski definition) is 1. The average Bonchev–Trinajstić information content (AvgIpc) is 1.90. The summed E-state index contributed by atoms with van der Waals surface area (Å²) in [6.07, 6.45) is 3.63. The van der Waals surface area contributed by atoms with Crippen LogP contribution in [-0.4, -0.2) is 23.8 Å². The lowest BCUT2D eigenvalue weighted by Gasteiger charge is -2.00. The fourth-order valence-corrected chi connectivity index (χ4v) is 0.664. The second kappa shape index (κ2) is 2.44. The molecule has 0 amide bonds. The Morgan fingerprint density at radius 3 is 2.89 bits per heavy atom. The first-order valence-electron chi connectivity index (χ1n) is 2.73. The highest BCUT2D eigenvalue weighted by Crippen LogP contribution is 2.03. The lowest BCUT2D eigenvalue weighted by Crippen LogP contribution is -2.05. The van der Waals surface area contributed by atoms with Gasteiger partial charge in [-0.1, -0.05) is 0 Å². The van der Waals surface area contributed by atoms with E-state index < -0.39 is 5.97 Å². The van der Waals surface area contributed by atoms with Crippen molar-refractivity contribution in [2.45, 2.75) is 6.42 Å². The van der Waals surface area contributed by atoms with Gasteiger partial charge in [0.2, 0.25) is 0 Å². The van der Waals surface area contributed by atoms with Gasteiger partial charge in [0.05, 0.1) is 0 Å². The van der Waals surface area contributed by atoms with Gasteiger partial charge in [-0.15, -0.1) is 0 Å². The van der Waals surface area contributed by atoms with Gasteiger partial charge in [0.15, 0.2) is 0 Å². The van der Waals surface area contributed by atoms with E-state index in [9.17, 15) is 4.79 Å². The van der Waals surface area contributed by atoms with E-state index in [2.05, 4.69) is 4.99 Å². The number of hydrogen-bond acceptors (Lipinski definition) is 2. The van der Waals surface area contributed by atoms with E-state index in [4.69, 9.17) is 5.11 Å². The van der Waals surface area contributed by atoms with Crippen LogP contribution in [0.15, 0.2) is 16.6 Å². The molecule has 0 aliphatic carbocycles. The number of dihydropyridines is 1. The Kier molecular flexibility index (Phi) is 1.63. The third-order valence-corrected chi connectivity index (χ3v) is 1.17. The van der Waals surface area contributed by atoms with Gasteiger partial charge in [-0.3, -0.25) is 4.99 Å². The van der Waals surface area contributed by atoms with Gasteiger partial charge in [0, 0.05) is 18.3 Å². The molecular formula is C6H7NO2. The standard InChI is InChI=1S/C6H7NO2/c8-6(9)5-1-3-7-4-2-5/h1,3H,2,4H2,(H,8,9). The predicted molar refractivity (Wildman–Crippen MR) is 33.7 cm³/mol. The molecule has 0 aromatic heterocycles. The molecule has 0 atom stereocenters. The van der Waals surface area contributed by atoms with Gasteiger partial charge < -0.3 is 5.11 Å². The fraction of sp³-hybridized carbons (Fsp3) is 0.333. The normalized spacial score (nSPS) is 17.1. The second-order valence-electron chi connectivity index (χ2n) is 1.80. The number of carbonyl (C=O) groups is 1. The molecule has 0 aromatic carbocycles. The molecule has 1 N–H and O–H groups in total. The fourth-order valence-electron chi connectivity index (χ4n) is 0.664. The zero-order valence-corrected chi connectivity index (χ0v) is 4.87. The molecule has 0 saturated heterocycles. The van der Waals surface area contributed by atoms with Gasteiger partial charge in [-0.05, 0) is 12.5 Å². The number of rotatable bonds is 1. The highest BCUT2D eigenvalue weighted by Gasteiger charge is 2.06. The zero-order valence-electron chi connectivity index (χ0n) is 4.87. The smallest absolute Gasteiger partial charge is 0.331 e. The van der Waals surface area contributed by atoms with E-state index >= 15 is 0 Å². The number of carboxylic acids is 1. The molecule has 0 radical (unpaired) electrons. The van der Waals surface area contributed by atoms with Crippen LogP contribution in [0.4, 0.5) is 0 Å². The minimum Gasteiger partial charge on any atom is -0.478 e. The summed E-state index contributed by atoms with van der Waals surface area (Å²) < 4.78 is 0. The van der Waals surface area contributed by atoms with Crippen LogP contribution in [0, 0.1) is 0 Å². The zero-order chi connectivity index (χ0) is 6.69. The van der Waals surface area contributed by atoms with Gasteiger partial charge >= 0.3 is 5.97 Å². The number of aliphatic imine (C=N–C) groups is 1. The molecule has 48 valence electrons. The highest BCUT2D eigenvalue weighted by atomic mass is 16.4. The summed E-state index contributed by atoms with van der Waals surface area (Å²) in [5.74, 6) is -0.832. The van der Waals surface area contributed by atoms with E-state index in [-0.39, 0.29) is 0 Å². The van der Waals surface area contributed by atoms with E-state index in [1.54, 1.807) is 0 Å². The van der Waals surface area contributed by atoms with Crippen LogP contribution in [0.5, 0.6) is 0 Å². The van der Waals surface area contributed by atoms with Gasteiger partial charge in [0.25, 0.3) is 0 Å². The van der Waals surface area contributed by atoms with Crippen molar-refractivity contribution in [1.82, 2.24) is 0 Å². The first-order chi connectivity index (χ1) is 4.30. The maximum Gasteiger partial charge on any atom is 0.331 e. The molecule has 0 bridgehead atoms. The number of allylic oxidation sites excluding steroid dienone is 1. The van der Waals surface area contributed by atoms with Crippen LogP contribution in [0.25, 0.3) is 0 Å². The highest BCUT2D eigenvalue weighted by molar-refractivity contribution is 5.92. The minimum absolute atomic E-state index is 0.449. The summed E-state index contributed by atoms with van der Waals surface area (Å²) in [5.41, 5.74) is 0.449. The summed E-state index contributed by atoms with van der Waals surface area (Å²) in [4.78, 5) is 14.1. The van der Waals surface area contributed by atoms with E-state index in [1.165, 1.54) is 12.3 Å².